The maximum Gasteiger partial charge on any atom is 0.446 e. The molecule has 0 radical (unpaired) electrons. The van der Waals surface area contributed by atoms with Crippen molar-refractivity contribution in [2.75, 3.05) is 6.54 Å². The summed E-state index contributed by atoms with van der Waals surface area (Å²) in [6.07, 6.45) is 0. The number of carbonyl (C=O) groups excluding carboxylic acids is 1. The number of benzene rings is 1. The summed E-state index contributed by atoms with van der Waals surface area (Å²) in [6.45, 7) is -0.323. The van der Waals surface area contributed by atoms with E-state index in [-0.39, 0.29) is 29.0 Å². The predicted molar refractivity (Wildman–Crippen MR) is 53.0 cm³/mol. The minimum Gasteiger partial charge on any atom is -0.426 e. The molecule has 0 aliphatic carbocycles. The van der Waals surface area contributed by atoms with E-state index >= 15 is 0 Å². The van der Waals surface area contributed by atoms with Gasteiger partial charge in [0, 0.05) is 4.90 Å². The van der Waals surface area contributed by atoms with Crippen molar-refractivity contribution in [1.29, 1.82) is 0 Å². The lowest BCUT2D eigenvalue weighted by molar-refractivity contribution is -0.132. The molecule has 0 aliphatic heterocycles. The summed E-state index contributed by atoms with van der Waals surface area (Å²) in [6, 6.07) is 5.16. The molecule has 0 heterocycles. The standard InChI is InChI=1S/C9H8F3NO2S/c10-9(11,12)16-7-3-1-2-6(4-7)15-8(14)5-13/h1-4H,5,13H2. The maximum atomic E-state index is 12.0. The Morgan fingerprint density at radius 3 is 2.69 bits per heavy atom. The van der Waals surface area contributed by atoms with Crippen molar-refractivity contribution in [3.63, 3.8) is 0 Å². The van der Waals surface area contributed by atoms with Crippen LogP contribution >= 0.6 is 11.8 Å². The minimum absolute atomic E-state index is 0.0460. The fourth-order valence-electron chi connectivity index (χ4n) is 0.908. The van der Waals surface area contributed by atoms with Crippen LogP contribution < -0.4 is 10.5 Å². The molecule has 1 aromatic rings. The second kappa shape index (κ2) is 5.22. The molecular formula is C9H8F3NO2S. The average Bonchev–Trinajstić information content (AvgIpc) is 2.15. The molecule has 7 heteroatoms. The molecule has 0 saturated carbocycles. The van der Waals surface area contributed by atoms with E-state index in [1.54, 1.807) is 0 Å². The first-order valence-corrected chi connectivity index (χ1v) is 4.99. The van der Waals surface area contributed by atoms with Crippen molar-refractivity contribution in [1.82, 2.24) is 0 Å². The lowest BCUT2D eigenvalue weighted by Gasteiger charge is -2.07. The first-order valence-electron chi connectivity index (χ1n) is 4.17. The lowest BCUT2D eigenvalue weighted by atomic mass is 10.3. The lowest BCUT2D eigenvalue weighted by Crippen LogP contribution is -2.19. The van der Waals surface area contributed by atoms with Gasteiger partial charge in [0.2, 0.25) is 0 Å². The molecule has 1 aromatic carbocycles. The number of esters is 1. The number of thioether (sulfide) groups is 1. The third-order valence-electron chi connectivity index (χ3n) is 1.44. The number of nitrogens with two attached hydrogens (primary N) is 1. The van der Waals surface area contributed by atoms with Gasteiger partial charge in [-0.3, -0.25) is 4.79 Å². The largest absolute Gasteiger partial charge is 0.446 e. The highest BCUT2D eigenvalue weighted by Crippen LogP contribution is 2.37. The third-order valence-corrected chi connectivity index (χ3v) is 2.16. The number of halogens is 3. The molecule has 2 N–H and O–H groups in total. The number of ether oxygens (including phenoxy) is 1. The van der Waals surface area contributed by atoms with Crippen LogP contribution in [0.25, 0.3) is 0 Å². The van der Waals surface area contributed by atoms with Crippen LogP contribution in [-0.4, -0.2) is 18.0 Å². The van der Waals surface area contributed by atoms with Gasteiger partial charge in [-0.2, -0.15) is 13.2 Å². The Morgan fingerprint density at radius 1 is 1.44 bits per heavy atom. The Kier molecular flexibility index (Phi) is 4.19. The van der Waals surface area contributed by atoms with Gasteiger partial charge in [0.1, 0.15) is 5.75 Å². The van der Waals surface area contributed by atoms with Crippen LogP contribution in [0.4, 0.5) is 13.2 Å². The fraction of sp³-hybridized carbons (Fsp3) is 0.222. The van der Waals surface area contributed by atoms with E-state index < -0.39 is 11.5 Å². The van der Waals surface area contributed by atoms with Gasteiger partial charge < -0.3 is 10.5 Å². The molecule has 1 rings (SSSR count). The summed E-state index contributed by atoms with van der Waals surface area (Å²) in [5, 5.41) is 0. The highest BCUT2D eigenvalue weighted by atomic mass is 32.2. The monoisotopic (exact) mass is 251 g/mol. The second-order valence-corrected chi connectivity index (χ2v) is 3.84. The van der Waals surface area contributed by atoms with Crippen molar-refractivity contribution in [3.8, 4) is 5.75 Å². The Bertz CT molecular complexity index is 381. The smallest absolute Gasteiger partial charge is 0.426 e. The number of rotatable bonds is 3. The van der Waals surface area contributed by atoms with Gasteiger partial charge in [0.05, 0.1) is 6.54 Å². The Morgan fingerprint density at radius 2 is 2.12 bits per heavy atom. The van der Waals surface area contributed by atoms with Crippen molar-refractivity contribution >= 4 is 17.7 Å². The van der Waals surface area contributed by atoms with Gasteiger partial charge in [0.25, 0.3) is 0 Å². The Labute approximate surface area is 93.8 Å². The van der Waals surface area contributed by atoms with Crippen LogP contribution in [0.5, 0.6) is 5.75 Å². The van der Waals surface area contributed by atoms with E-state index in [1.807, 2.05) is 0 Å². The van der Waals surface area contributed by atoms with Crippen LogP contribution in [0.3, 0.4) is 0 Å². The number of hydrogen-bond acceptors (Lipinski definition) is 4. The van der Waals surface area contributed by atoms with Gasteiger partial charge in [0.15, 0.2) is 0 Å². The van der Waals surface area contributed by atoms with Crippen LogP contribution in [0.15, 0.2) is 29.2 Å². The van der Waals surface area contributed by atoms with Crippen LogP contribution in [0.1, 0.15) is 0 Å². The molecule has 0 aliphatic rings. The fourth-order valence-corrected chi connectivity index (χ4v) is 1.50. The zero-order chi connectivity index (χ0) is 12.2. The first-order chi connectivity index (χ1) is 7.40. The quantitative estimate of drug-likeness (QED) is 0.508. The summed E-state index contributed by atoms with van der Waals surface area (Å²) in [5.41, 5.74) is 0.635. The molecule has 88 valence electrons. The summed E-state index contributed by atoms with van der Waals surface area (Å²) in [7, 11) is 0. The van der Waals surface area contributed by atoms with Crippen LogP contribution in [0.2, 0.25) is 0 Å². The van der Waals surface area contributed by atoms with E-state index in [2.05, 4.69) is 4.74 Å². The van der Waals surface area contributed by atoms with E-state index in [9.17, 15) is 18.0 Å². The molecular weight excluding hydrogens is 243 g/mol. The zero-order valence-corrected chi connectivity index (χ0v) is 8.77. The maximum absolute atomic E-state index is 12.0. The van der Waals surface area contributed by atoms with Gasteiger partial charge in [-0.05, 0) is 30.0 Å². The molecule has 16 heavy (non-hydrogen) atoms. The van der Waals surface area contributed by atoms with Gasteiger partial charge in [-0.25, -0.2) is 0 Å². The normalized spacial score (nSPS) is 11.2. The number of hydrogen-bond donors (Lipinski definition) is 1. The SMILES string of the molecule is NCC(=O)Oc1cccc(SC(F)(F)F)c1. The summed E-state index contributed by atoms with van der Waals surface area (Å²) in [4.78, 5) is 10.8. The van der Waals surface area contributed by atoms with E-state index in [0.717, 1.165) is 6.07 Å². The topological polar surface area (TPSA) is 52.3 Å². The minimum atomic E-state index is -4.36. The Balaban J connectivity index is 2.75. The average molecular weight is 251 g/mol. The molecule has 0 saturated heterocycles. The van der Waals surface area contributed by atoms with Crippen LogP contribution in [-0.2, 0) is 4.79 Å². The highest BCUT2D eigenvalue weighted by molar-refractivity contribution is 8.00. The predicted octanol–water partition coefficient (Wildman–Crippen LogP) is 2.16. The van der Waals surface area contributed by atoms with Crippen molar-refractivity contribution in [2.24, 2.45) is 5.73 Å². The molecule has 3 nitrogen and oxygen atoms in total. The zero-order valence-electron chi connectivity index (χ0n) is 7.95. The van der Waals surface area contributed by atoms with Gasteiger partial charge in [-0.15, -0.1) is 0 Å². The van der Waals surface area contributed by atoms with Gasteiger partial charge in [-0.1, -0.05) is 6.07 Å². The summed E-state index contributed by atoms with van der Waals surface area (Å²) >= 11 is -0.273. The molecule has 0 atom stereocenters. The number of alkyl halides is 3. The first kappa shape index (κ1) is 12.9. The van der Waals surface area contributed by atoms with Crippen molar-refractivity contribution in [2.45, 2.75) is 10.4 Å². The molecule has 0 bridgehead atoms. The molecule has 0 aromatic heterocycles. The highest BCUT2D eigenvalue weighted by Gasteiger charge is 2.29. The molecule has 0 amide bonds. The van der Waals surface area contributed by atoms with Crippen molar-refractivity contribution < 1.29 is 22.7 Å². The second-order valence-electron chi connectivity index (χ2n) is 2.70. The van der Waals surface area contributed by atoms with E-state index in [1.165, 1.54) is 18.2 Å². The molecule has 0 spiro atoms. The van der Waals surface area contributed by atoms with E-state index in [0.29, 0.717) is 0 Å². The van der Waals surface area contributed by atoms with Crippen molar-refractivity contribution in [3.05, 3.63) is 24.3 Å². The Hall–Kier alpha value is -1.21. The number of carbonyl (C=O) groups is 1. The summed E-state index contributed by atoms with van der Waals surface area (Å²) < 4.78 is 40.8. The summed E-state index contributed by atoms with van der Waals surface area (Å²) in [5.74, 6) is -0.654. The van der Waals surface area contributed by atoms with Gasteiger partial charge >= 0.3 is 11.5 Å². The molecule has 0 unspecified atom stereocenters. The van der Waals surface area contributed by atoms with Crippen LogP contribution in [0, 0.1) is 0 Å². The molecule has 0 fully saturated rings. The van der Waals surface area contributed by atoms with E-state index in [4.69, 9.17) is 5.73 Å². The third kappa shape index (κ3) is 4.54.